The van der Waals surface area contributed by atoms with E-state index in [1.165, 1.54) is 31.4 Å². The van der Waals surface area contributed by atoms with Gasteiger partial charge in [0.25, 0.3) is 0 Å². The maximum atomic E-state index is 9.87. The Morgan fingerprint density at radius 2 is 1.19 bits per heavy atom. The number of hydrogen-bond acceptors (Lipinski definition) is 0. The minimum atomic E-state index is -10.7. The van der Waals surface area contributed by atoms with Gasteiger partial charge in [-0.3, -0.25) is 0 Å². The normalized spacial score (nSPS) is 16.1. The first-order chi connectivity index (χ1) is 6.72. The van der Waals surface area contributed by atoms with E-state index in [4.69, 9.17) is 0 Å². The second kappa shape index (κ2) is 5.80. The Hall–Kier alpha value is 0.360. The monoisotopic (exact) mass is 292 g/mol. The topological polar surface area (TPSA) is 0 Å². The van der Waals surface area contributed by atoms with E-state index in [2.05, 4.69) is 19.4 Å². The van der Waals surface area contributed by atoms with E-state index < -0.39 is 7.81 Å². The molecule has 0 unspecified atom stereocenters. The predicted molar refractivity (Wildman–Crippen MR) is 61.8 cm³/mol. The summed E-state index contributed by atoms with van der Waals surface area (Å²) >= 11 is 0. The zero-order chi connectivity index (χ0) is 13.5. The van der Waals surface area contributed by atoms with Crippen LogP contribution >= 0.6 is 7.81 Å². The van der Waals surface area contributed by atoms with Crippen LogP contribution in [0.25, 0.3) is 0 Å². The second-order valence-electron chi connectivity index (χ2n) is 3.71. The molecule has 104 valence electrons. The molecule has 0 atom stereocenters. The molecule has 0 N–H and O–H groups in total. The van der Waals surface area contributed by atoms with Gasteiger partial charge in [0.05, 0.1) is 12.5 Å². The molecule has 0 fully saturated rings. The summed E-state index contributed by atoms with van der Waals surface area (Å²) in [6.45, 7) is 2.26. The molecule has 0 radical (unpaired) electrons. The minimum absolute atomic E-state index is 0.681. The van der Waals surface area contributed by atoms with Crippen LogP contribution in [-0.2, 0) is 10.9 Å². The van der Waals surface area contributed by atoms with Gasteiger partial charge >= 0.3 is 33.0 Å². The standard InChI is InChI=1S/C8H19S.F6P/c1-4-5-6-7-8-9(2)3;1-7(2,3,4,5)6/h4-8H2,1-3H3;/q+1;-1. The molecule has 0 saturated carbocycles. The van der Waals surface area contributed by atoms with Crippen LogP contribution in [0.1, 0.15) is 32.6 Å². The van der Waals surface area contributed by atoms with Crippen LogP contribution in [0.2, 0.25) is 0 Å². The first-order valence-electron chi connectivity index (χ1n) is 4.83. The fourth-order valence-electron chi connectivity index (χ4n) is 0.818. The number of rotatable bonds is 5. The van der Waals surface area contributed by atoms with Crippen LogP contribution in [-0.4, -0.2) is 18.3 Å². The van der Waals surface area contributed by atoms with Crippen molar-refractivity contribution in [3.63, 3.8) is 0 Å². The van der Waals surface area contributed by atoms with E-state index >= 15 is 0 Å². The Morgan fingerprint density at radius 3 is 1.44 bits per heavy atom. The molecular weight excluding hydrogens is 273 g/mol. The SMILES string of the molecule is CCCCCC[S+](C)C.F[P-](F)(F)(F)(F)F. The Labute approximate surface area is 95.4 Å². The molecular formula is C8H19F6PS. The van der Waals surface area contributed by atoms with Crippen LogP contribution in [0, 0.1) is 0 Å². The molecule has 0 bridgehead atoms. The molecule has 8 heteroatoms. The molecule has 0 aliphatic carbocycles. The summed E-state index contributed by atoms with van der Waals surface area (Å²) in [5.41, 5.74) is 0. The van der Waals surface area contributed by atoms with Crippen LogP contribution in [0.3, 0.4) is 0 Å². The molecule has 0 heterocycles. The summed E-state index contributed by atoms with van der Waals surface area (Å²) in [4.78, 5) is 0. The third-order valence-electron chi connectivity index (χ3n) is 1.41. The number of halogens is 6. The first kappa shape index (κ1) is 18.7. The van der Waals surface area contributed by atoms with Crippen LogP contribution < -0.4 is 0 Å². The molecule has 0 saturated heterocycles. The summed E-state index contributed by atoms with van der Waals surface area (Å²) in [6, 6.07) is 0. The van der Waals surface area contributed by atoms with E-state index in [1.807, 2.05) is 0 Å². The van der Waals surface area contributed by atoms with Crippen LogP contribution in [0.4, 0.5) is 25.2 Å². The molecule has 16 heavy (non-hydrogen) atoms. The van der Waals surface area contributed by atoms with Gasteiger partial charge in [-0.1, -0.05) is 19.8 Å². The van der Waals surface area contributed by atoms with Gasteiger partial charge in [0.15, 0.2) is 0 Å². The van der Waals surface area contributed by atoms with Crippen molar-refractivity contribution >= 4 is 18.7 Å². The summed E-state index contributed by atoms with van der Waals surface area (Å²) in [7, 11) is -9.98. The van der Waals surface area contributed by atoms with Crippen LogP contribution in [0.15, 0.2) is 0 Å². The van der Waals surface area contributed by atoms with Crippen LogP contribution in [0.5, 0.6) is 0 Å². The number of hydrogen-bond donors (Lipinski definition) is 0. The van der Waals surface area contributed by atoms with E-state index in [-0.39, 0.29) is 0 Å². The summed E-state index contributed by atoms with van der Waals surface area (Å²) in [5, 5.41) is 0. The predicted octanol–water partition coefficient (Wildman–Crippen LogP) is 5.83. The zero-order valence-electron chi connectivity index (χ0n) is 9.66. The summed E-state index contributed by atoms with van der Waals surface area (Å²) in [6.07, 6.45) is 10.3. The molecule has 0 aliphatic heterocycles. The number of unbranched alkanes of at least 4 members (excludes halogenated alkanes) is 3. The fraction of sp³-hybridized carbons (Fsp3) is 1.00. The van der Waals surface area contributed by atoms with Gasteiger partial charge < -0.3 is 0 Å². The Bertz CT molecular complexity index is 172. The van der Waals surface area contributed by atoms with E-state index in [1.54, 1.807) is 0 Å². The molecule has 0 spiro atoms. The fourth-order valence-corrected chi connectivity index (χ4v) is 1.60. The van der Waals surface area contributed by atoms with Gasteiger partial charge in [-0.2, -0.15) is 0 Å². The average Bonchev–Trinajstić information content (AvgIpc) is 1.91. The quantitative estimate of drug-likeness (QED) is 0.259. The molecule has 0 amide bonds. The van der Waals surface area contributed by atoms with E-state index in [0.29, 0.717) is 10.9 Å². The van der Waals surface area contributed by atoms with Gasteiger partial charge in [0.1, 0.15) is 5.75 Å². The van der Waals surface area contributed by atoms with Crippen molar-refractivity contribution in [1.82, 2.24) is 0 Å². The van der Waals surface area contributed by atoms with Crippen molar-refractivity contribution in [2.75, 3.05) is 18.3 Å². The van der Waals surface area contributed by atoms with Gasteiger partial charge in [-0.15, -0.1) is 0 Å². The third-order valence-corrected chi connectivity index (χ3v) is 2.51. The first-order valence-corrected chi connectivity index (χ1v) is 9.07. The molecule has 0 nitrogen and oxygen atoms in total. The zero-order valence-corrected chi connectivity index (χ0v) is 11.4. The molecule has 0 aromatic heterocycles. The van der Waals surface area contributed by atoms with E-state index in [9.17, 15) is 25.2 Å². The van der Waals surface area contributed by atoms with Crippen molar-refractivity contribution in [3.05, 3.63) is 0 Å². The maximum absolute atomic E-state index is 10.7. The van der Waals surface area contributed by atoms with Crippen molar-refractivity contribution in [2.24, 2.45) is 0 Å². The van der Waals surface area contributed by atoms with Gasteiger partial charge in [0, 0.05) is 0 Å². The third kappa shape index (κ3) is 63.4. The van der Waals surface area contributed by atoms with Gasteiger partial charge in [-0.25, -0.2) is 0 Å². The molecule has 0 aromatic rings. The molecule has 0 aromatic carbocycles. The van der Waals surface area contributed by atoms with Crippen molar-refractivity contribution in [1.29, 1.82) is 0 Å². The van der Waals surface area contributed by atoms with Gasteiger partial charge in [0.2, 0.25) is 0 Å². The van der Waals surface area contributed by atoms with E-state index in [0.717, 1.165) is 0 Å². The molecule has 0 rings (SSSR count). The molecule has 0 aliphatic rings. The average molecular weight is 292 g/mol. The summed E-state index contributed by atoms with van der Waals surface area (Å²) in [5.74, 6) is 1.44. The second-order valence-corrected chi connectivity index (χ2v) is 8.00. The Kier molecular flexibility index (Phi) is 6.79. The van der Waals surface area contributed by atoms with Gasteiger partial charge in [-0.05, 0) is 23.7 Å². The van der Waals surface area contributed by atoms with Crippen molar-refractivity contribution in [3.8, 4) is 0 Å². The van der Waals surface area contributed by atoms with Crippen molar-refractivity contribution in [2.45, 2.75) is 32.6 Å². The Balaban J connectivity index is 0. The summed E-state index contributed by atoms with van der Waals surface area (Å²) < 4.78 is 59.2. The Morgan fingerprint density at radius 1 is 0.812 bits per heavy atom. The van der Waals surface area contributed by atoms with Crippen molar-refractivity contribution < 1.29 is 25.2 Å².